The van der Waals surface area contributed by atoms with Crippen LogP contribution in [0.15, 0.2) is 52.3 Å². The first-order valence-electron chi connectivity index (χ1n) is 6.25. The maximum atomic E-state index is 12.9. The Labute approximate surface area is 124 Å². The molecule has 0 N–H and O–H groups in total. The molecule has 1 atom stereocenters. The second-order valence-electron chi connectivity index (χ2n) is 4.24. The van der Waals surface area contributed by atoms with Gasteiger partial charge in [0.15, 0.2) is 5.16 Å². The average molecular weight is 302 g/mol. The molecule has 0 aliphatic rings. The SMILES string of the molecule is C[C@H](Sc1ncccn1)c1nnc(-c2ccc(F)cc2)o1. The molecule has 2 heterocycles. The lowest BCUT2D eigenvalue weighted by atomic mass is 10.2. The fraction of sp³-hybridized carbons (Fsp3) is 0.143. The molecule has 3 aromatic rings. The van der Waals surface area contributed by atoms with Gasteiger partial charge in [-0.05, 0) is 37.3 Å². The number of thioether (sulfide) groups is 1. The summed E-state index contributed by atoms with van der Waals surface area (Å²) < 4.78 is 18.5. The zero-order valence-electron chi connectivity index (χ0n) is 11.1. The Kier molecular flexibility index (Phi) is 3.92. The highest BCUT2D eigenvalue weighted by atomic mass is 32.2. The van der Waals surface area contributed by atoms with E-state index in [1.54, 1.807) is 30.6 Å². The number of hydrogen-bond acceptors (Lipinski definition) is 6. The van der Waals surface area contributed by atoms with Gasteiger partial charge in [0.05, 0.1) is 5.25 Å². The normalized spacial score (nSPS) is 12.3. The molecule has 3 rings (SSSR count). The highest BCUT2D eigenvalue weighted by Gasteiger charge is 2.17. The fourth-order valence-electron chi connectivity index (χ4n) is 1.66. The number of aromatic nitrogens is 4. The maximum absolute atomic E-state index is 12.9. The van der Waals surface area contributed by atoms with Crippen molar-refractivity contribution in [2.45, 2.75) is 17.3 Å². The molecule has 2 aromatic heterocycles. The summed E-state index contributed by atoms with van der Waals surface area (Å²) in [5.74, 6) is 0.543. The summed E-state index contributed by atoms with van der Waals surface area (Å²) in [6.07, 6.45) is 3.36. The minimum Gasteiger partial charge on any atom is -0.419 e. The Hall–Kier alpha value is -2.28. The molecule has 1 aromatic carbocycles. The topological polar surface area (TPSA) is 64.7 Å². The highest BCUT2D eigenvalue weighted by Crippen LogP contribution is 2.32. The van der Waals surface area contributed by atoms with Gasteiger partial charge in [0.1, 0.15) is 5.82 Å². The molecular formula is C14H11FN4OS. The third-order valence-electron chi connectivity index (χ3n) is 2.70. The maximum Gasteiger partial charge on any atom is 0.247 e. The van der Waals surface area contributed by atoms with Gasteiger partial charge in [-0.2, -0.15) is 0 Å². The van der Waals surface area contributed by atoms with Crippen molar-refractivity contribution < 1.29 is 8.81 Å². The van der Waals surface area contributed by atoms with Gasteiger partial charge in [0, 0.05) is 18.0 Å². The number of benzene rings is 1. The zero-order chi connectivity index (χ0) is 14.7. The van der Waals surface area contributed by atoms with Crippen LogP contribution in [-0.4, -0.2) is 20.2 Å². The highest BCUT2D eigenvalue weighted by molar-refractivity contribution is 7.99. The second kappa shape index (κ2) is 6.01. The van der Waals surface area contributed by atoms with Crippen LogP contribution in [-0.2, 0) is 0 Å². The molecule has 0 bridgehead atoms. The summed E-state index contributed by atoms with van der Waals surface area (Å²) in [6, 6.07) is 7.67. The van der Waals surface area contributed by atoms with Crippen LogP contribution in [0.4, 0.5) is 4.39 Å². The van der Waals surface area contributed by atoms with Crippen molar-refractivity contribution in [3.8, 4) is 11.5 Å². The van der Waals surface area contributed by atoms with Gasteiger partial charge in [-0.25, -0.2) is 14.4 Å². The van der Waals surface area contributed by atoms with Crippen molar-refractivity contribution in [3.05, 3.63) is 54.4 Å². The van der Waals surface area contributed by atoms with Crippen LogP contribution in [0.3, 0.4) is 0 Å². The molecule has 0 radical (unpaired) electrons. The van der Waals surface area contributed by atoms with Crippen molar-refractivity contribution in [1.82, 2.24) is 20.2 Å². The van der Waals surface area contributed by atoms with E-state index in [-0.39, 0.29) is 11.1 Å². The standard InChI is InChI=1S/C14H11FN4OS/c1-9(21-14-16-7-2-8-17-14)12-18-19-13(20-12)10-3-5-11(15)6-4-10/h2-9H,1H3/t9-/m0/s1. The molecule has 106 valence electrons. The van der Waals surface area contributed by atoms with Gasteiger partial charge in [0.25, 0.3) is 0 Å². The number of nitrogens with zero attached hydrogens (tertiary/aromatic N) is 4. The van der Waals surface area contributed by atoms with Crippen molar-refractivity contribution in [2.24, 2.45) is 0 Å². The zero-order valence-corrected chi connectivity index (χ0v) is 11.9. The molecule has 7 heteroatoms. The van der Waals surface area contributed by atoms with Gasteiger partial charge in [-0.15, -0.1) is 10.2 Å². The first-order chi connectivity index (χ1) is 10.2. The average Bonchev–Trinajstić information content (AvgIpc) is 2.99. The van der Waals surface area contributed by atoms with Crippen LogP contribution in [0.1, 0.15) is 18.1 Å². The second-order valence-corrected chi connectivity index (χ2v) is 5.55. The molecule has 0 amide bonds. The quantitative estimate of drug-likeness (QED) is 0.542. The largest absolute Gasteiger partial charge is 0.419 e. The van der Waals surface area contributed by atoms with Crippen LogP contribution in [0.25, 0.3) is 11.5 Å². The van der Waals surface area contributed by atoms with E-state index >= 15 is 0 Å². The van der Waals surface area contributed by atoms with E-state index < -0.39 is 0 Å². The van der Waals surface area contributed by atoms with Gasteiger partial charge >= 0.3 is 0 Å². The van der Waals surface area contributed by atoms with Crippen LogP contribution in [0.2, 0.25) is 0 Å². The first kappa shape index (κ1) is 13.7. The van der Waals surface area contributed by atoms with Crippen LogP contribution in [0, 0.1) is 5.82 Å². The molecule has 0 saturated heterocycles. The van der Waals surface area contributed by atoms with E-state index in [1.807, 2.05) is 6.92 Å². The lowest BCUT2D eigenvalue weighted by molar-refractivity contribution is 0.509. The first-order valence-corrected chi connectivity index (χ1v) is 7.13. The molecule has 0 aliphatic carbocycles. The van der Waals surface area contributed by atoms with E-state index in [2.05, 4.69) is 20.2 Å². The predicted molar refractivity (Wildman–Crippen MR) is 76.0 cm³/mol. The predicted octanol–water partition coefficient (Wildman–Crippen LogP) is 3.52. The Morgan fingerprint density at radius 3 is 2.52 bits per heavy atom. The number of halogens is 1. The molecule has 0 spiro atoms. The summed E-state index contributed by atoms with van der Waals surface area (Å²) >= 11 is 1.43. The third kappa shape index (κ3) is 3.25. The van der Waals surface area contributed by atoms with E-state index in [4.69, 9.17) is 4.42 Å². The fourth-order valence-corrected chi connectivity index (χ4v) is 2.42. The Bertz CT molecular complexity index is 717. The van der Waals surface area contributed by atoms with Crippen LogP contribution in [0.5, 0.6) is 0 Å². The van der Waals surface area contributed by atoms with E-state index in [0.29, 0.717) is 22.5 Å². The number of hydrogen-bond donors (Lipinski definition) is 0. The van der Waals surface area contributed by atoms with Crippen molar-refractivity contribution in [1.29, 1.82) is 0 Å². The van der Waals surface area contributed by atoms with Crippen molar-refractivity contribution in [3.63, 3.8) is 0 Å². The van der Waals surface area contributed by atoms with Gasteiger partial charge in [-0.3, -0.25) is 0 Å². The Morgan fingerprint density at radius 1 is 1.10 bits per heavy atom. The molecule has 0 saturated carbocycles. The van der Waals surface area contributed by atoms with E-state index in [9.17, 15) is 4.39 Å². The van der Waals surface area contributed by atoms with Crippen molar-refractivity contribution in [2.75, 3.05) is 0 Å². The molecule has 21 heavy (non-hydrogen) atoms. The van der Waals surface area contributed by atoms with Gasteiger partial charge in [0.2, 0.25) is 11.8 Å². The summed E-state index contributed by atoms with van der Waals surface area (Å²) in [5.41, 5.74) is 0.684. The molecule has 0 fully saturated rings. The summed E-state index contributed by atoms with van der Waals surface area (Å²) in [5, 5.41) is 8.58. The summed E-state index contributed by atoms with van der Waals surface area (Å²) in [6.45, 7) is 1.93. The van der Waals surface area contributed by atoms with Crippen molar-refractivity contribution >= 4 is 11.8 Å². The summed E-state index contributed by atoms with van der Waals surface area (Å²) in [4.78, 5) is 8.28. The lowest BCUT2D eigenvalue weighted by Gasteiger charge is -2.03. The lowest BCUT2D eigenvalue weighted by Crippen LogP contribution is -1.91. The Balaban J connectivity index is 1.76. The minimum absolute atomic E-state index is 0.0749. The smallest absolute Gasteiger partial charge is 0.247 e. The summed E-state index contributed by atoms with van der Waals surface area (Å²) in [7, 11) is 0. The van der Waals surface area contributed by atoms with Gasteiger partial charge < -0.3 is 4.42 Å². The minimum atomic E-state index is -0.302. The Morgan fingerprint density at radius 2 is 1.81 bits per heavy atom. The molecule has 5 nitrogen and oxygen atoms in total. The number of rotatable bonds is 4. The molecule has 0 unspecified atom stereocenters. The van der Waals surface area contributed by atoms with E-state index in [0.717, 1.165) is 0 Å². The molecule has 0 aliphatic heterocycles. The van der Waals surface area contributed by atoms with Crippen LogP contribution >= 0.6 is 11.8 Å². The van der Waals surface area contributed by atoms with E-state index in [1.165, 1.54) is 23.9 Å². The third-order valence-corrected chi connectivity index (χ3v) is 3.68. The van der Waals surface area contributed by atoms with Gasteiger partial charge in [-0.1, -0.05) is 11.8 Å². The van der Waals surface area contributed by atoms with Crippen LogP contribution < -0.4 is 0 Å². The monoisotopic (exact) mass is 302 g/mol. The molecular weight excluding hydrogens is 291 g/mol.